The van der Waals surface area contributed by atoms with Crippen LogP contribution in [-0.4, -0.2) is 50.0 Å². The predicted molar refractivity (Wildman–Crippen MR) is 62.5 cm³/mol. The van der Waals surface area contributed by atoms with E-state index in [2.05, 4.69) is 4.90 Å². The Morgan fingerprint density at radius 2 is 1.94 bits per heavy atom. The number of hydrogen-bond donors (Lipinski definition) is 0. The summed E-state index contributed by atoms with van der Waals surface area (Å²) in [7, 11) is 0. The van der Waals surface area contributed by atoms with Crippen LogP contribution in [0, 0.1) is 5.92 Å². The highest BCUT2D eigenvalue weighted by molar-refractivity contribution is 4.87. The second-order valence-corrected chi connectivity index (χ2v) is 5.49. The van der Waals surface area contributed by atoms with Crippen molar-refractivity contribution in [3.8, 4) is 0 Å². The van der Waals surface area contributed by atoms with Gasteiger partial charge in [-0.3, -0.25) is 0 Å². The lowest BCUT2D eigenvalue weighted by molar-refractivity contribution is 0.000764. The van der Waals surface area contributed by atoms with Crippen LogP contribution in [0.4, 0.5) is 0 Å². The molecule has 3 heterocycles. The number of fused-ring (bicyclic) bond motifs is 1. The lowest BCUT2D eigenvalue weighted by atomic mass is 9.84. The number of ether oxygens (including phenoxy) is 2. The molecule has 3 aliphatic rings. The molecule has 3 fully saturated rings. The molecule has 0 aliphatic carbocycles. The van der Waals surface area contributed by atoms with Crippen LogP contribution >= 0.6 is 0 Å². The van der Waals surface area contributed by atoms with Gasteiger partial charge in [0.25, 0.3) is 0 Å². The molecule has 16 heavy (non-hydrogen) atoms. The van der Waals surface area contributed by atoms with Crippen molar-refractivity contribution in [1.29, 1.82) is 0 Å². The van der Waals surface area contributed by atoms with Crippen molar-refractivity contribution < 1.29 is 9.47 Å². The molecule has 0 aromatic rings. The summed E-state index contributed by atoms with van der Waals surface area (Å²) in [5.74, 6) is 0.785. The first kappa shape index (κ1) is 11.0. The minimum Gasteiger partial charge on any atom is -0.378 e. The van der Waals surface area contributed by atoms with Gasteiger partial charge in [-0.2, -0.15) is 0 Å². The van der Waals surface area contributed by atoms with Crippen LogP contribution in [0.25, 0.3) is 0 Å². The molecule has 3 nitrogen and oxygen atoms in total. The number of epoxide rings is 1. The van der Waals surface area contributed by atoms with E-state index in [1.807, 2.05) is 0 Å². The highest BCUT2D eigenvalue weighted by atomic mass is 16.6. The van der Waals surface area contributed by atoms with Crippen molar-refractivity contribution in [2.75, 3.05) is 32.9 Å². The van der Waals surface area contributed by atoms with E-state index in [-0.39, 0.29) is 0 Å². The lowest BCUT2D eigenvalue weighted by Gasteiger charge is -2.44. The molecule has 3 heteroatoms. The molecule has 3 saturated heterocycles. The monoisotopic (exact) mass is 225 g/mol. The van der Waals surface area contributed by atoms with E-state index in [1.54, 1.807) is 0 Å². The highest BCUT2D eigenvalue weighted by Gasteiger charge is 2.33. The average Bonchev–Trinajstić information content (AvgIpc) is 3.13. The van der Waals surface area contributed by atoms with Gasteiger partial charge in [-0.15, -0.1) is 0 Å². The lowest BCUT2D eigenvalue weighted by Crippen LogP contribution is -2.49. The zero-order chi connectivity index (χ0) is 10.8. The van der Waals surface area contributed by atoms with Crippen LogP contribution in [0.3, 0.4) is 0 Å². The molecule has 3 rings (SSSR count). The normalized spacial score (nSPS) is 39.4. The molecule has 0 unspecified atom stereocenters. The summed E-state index contributed by atoms with van der Waals surface area (Å²) in [5, 5.41) is 0. The first-order valence-electron chi connectivity index (χ1n) is 6.87. The Kier molecular flexibility index (Phi) is 3.46. The number of nitrogens with zero attached hydrogens (tertiary/aromatic N) is 1. The fourth-order valence-electron chi connectivity index (χ4n) is 3.29. The Balaban J connectivity index is 1.47. The van der Waals surface area contributed by atoms with Crippen molar-refractivity contribution in [3.63, 3.8) is 0 Å². The van der Waals surface area contributed by atoms with E-state index in [4.69, 9.17) is 9.47 Å². The summed E-state index contributed by atoms with van der Waals surface area (Å²) >= 11 is 0. The molecule has 0 amide bonds. The molecule has 0 bridgehead atoms. The zero-order valence-electron chi connectivity index (χ0n) is 10.1. The number of rotatable bonds is 4. The van der Waals surface area contributed by atoms with Crippen LogP contribution < -0.4 is 0 Å². The molecule has 3 atom stereocenters. The summed E-state index contributed by atoms with van der Waals surface area (Å²) in [6.45, 7) is 5.35. The highest BCUT2D eigenvalue weighted by Crippen LogP contribution is 2.31. The minimum absolute atomic E-state index is 0.422. The first-order valence-corrected chi connectivity index (χ1v) is 6.87. The molecule has 0 radical (unpaired) electrons. The average molecular weight is 225 g/mol. The third kappa shape index (κ3) is 2.58. The van der Waals surface area contributed by atoms with Crippen molar-refractivity contribution in [2.45, 2.75) is 44.2 Å². The van der Waals surface area contributed by atoms with Gasteiger partial charge in [0.15, 0.2) is 0 Å². The minimum atomic E-state index is 0.422. The Labute approximate surface area is 98.1 Å². The van der Waals surface area contributed by atoms with Gasteiger partial charge in [-0.25, -0.2) is 0 Å². The topological polar surface area (TPSA) is 25.0 Å². The van der Waals surface area contributed by atoms with Crippen LogP contribution in [0.5, 0.6) is 0 Å². The van der Waals surface area contributed by atoms with E-state index >= 15 is 0 Å². The van der Waals surface area contributed by atoms with Crippen LogP contribution in [0.2, 0.25) is 0 Å². The van der Waals surface area contributed by atoms with Crippen molar-refractivity contribution in [2.24, 2.45) is 5.92 Å². The zero-order valence-corrected chi connectivity index (χ0v) is 10.1. The van der Waals surface area contributed by atoms with Gasteiger partial charge in [0.1, 0.15) is 6.10 Å². The maximum atomic E-state index is 5.79. The van der Waals surface area contributed by atoms with Gasteiger partial charge >= 0.3 is 0 Å². The summed E-state index contributed by atoms with van der Waals surface area (Å²) in [6, 6.07) is 0.822. The third-order valence-electron chi connectivity index (χ3n) is 4.27. The van der Waals surface area contributed by atoms with Crippen LogP contribution in [0.15, 0.2) is 0 Å². The quantitative estimate of drug-likeness (QED) is 0.680. The van der Waals surface area contributed by atoms with Crippen molar-refractivity contribution >= 4 is 0 Å². The first-order chi connectivity index (χ1) is 7.93. The molecule has 0 aromatic heterocycles. The second kappa shape index (κ2) is 5.03. The fourth-order valence-corrected chi connectivity index (χ4v) is 3.29. The molecule has 3 aliphatic heterocycles. The van der Waals surface area contributed by atoms with Gasteiger partial charge in [-0.1, -0.05) is 6.42 Å². The Bertz CT molecular complexity index is 228. The molecule has 0 spiro atoms. The molecule has 0 saturated carbocycles. The third-order valence-corrected chi connectivity index (χ3v) is 4.27. The fraction of sp³-hybridized carbons (Fsp3) is 1.00. The molecule has 0 aromatic carbocycles. The Morgan fingerprint density at radius 1 is 1.06 bits per heavy atom. The smallest absolute Gasteiger partial charge is 0.104 e. The maximum Gasteiger partial charge on any atom is 0.104 e. The van der Waals surface area contributed by atoms with E-state index in [1.165, 1.54) is 45.2 Å². The van der Waals surface area contributed by atoms with Gasteiger partial charge in [0, 0.05) is 6.04 Å². The van der Waals surface area contributed by atoms with Gasteiger partial charge in [0.05, 0.1) is 19.8 Å². The van der Waals surface area contributed by atoms with Crippen molar-refractivity contribution in [1.82, 2.24) is 4.90 Å². The molecular weight excluding hydrogens is 202 g/mol. The predicted octanol–water partition coefficient (Wildman–Crippen LogP) is 1.67. The second-order valence-electron chi connectivity index (χ2n) is 5.49. The number of piperidine rings is 2. The SMILES string of the molecule is C1CCN2CCC[C@H](COC[C@H]3CO3)[C@@H]2C1. The molecule has 92 valence electrons. The standard InChI is InChI=1S/C13H23NO2/c1-2-6-14-7-3-4-11(13(14)5-1)8-15-9-12-10-16-12/h11-13H,1-10H2/t11-,12+,13+/m1/s1. The number of hydrogen-bond acceptors (Lipinski definition) is 3. The summed E-state index contributed by atoms with van der Waals surface area (Å²) in [4.78, 5) is 2.70. The maximum absolute atomic E-state index is 5.79. The molecule has 0 N–H and O–H groups in total. The molecular formula is C13H23NO2. The summed E-state index contributed by atoms with van der Waals surface area (Å²) in [5.41, 5.74) is 0. The van der Waals surface area contributed by atoms with E-state index in [0.717, 1.165) is 31.8 Å². The van der Waals surface area contributed by atoms with E-state index < -0.39 is 0 Å². The van der Waals surface area contributed by atoms with Gasteiger partial charge in [0.2, 0.25) is 0 Å². The van der Waals surface area contributed by atoms with E-state index in [0.29, 0.717) is 6.10 Å². The Morgan fingerprint density at radius 3 is 2.81 bits per heavy atom. The van der Waals surface area contributed by atoms with Crippen LogP contribution in [-0.2, 0) is 9.47 Å². The van der Waals surface area contributed by atoms with Gasteiger partial charge in [-0.05, 0) is 44.7 Å². The Hall–Kier alpha value is -0.120. The largest absolute Gasteiger partial charge is 0.378 e. The van der Waals surface area contributed by atoms with Crippen molar-refractivity contribution in [3.05, 3.63) is 0 Å². The summed E-state index contributed by atoms with van der Waals surface area (Å²) in [6.07, 6.45) is 7.38. The summed E-state index contributed by atoms with van der Waals surface area (Å²) < 4.78 is 11.0. The van der Waals surface area contributed by atoms with E-state index in [9.17, 15) is 0 Å². The van der Waals surface area contributed by atoms with Gasteiger partial charge < -0.3 is 14.4 Å². The van der Waals surface area contributed by atoms with Crippen LogP contribution in [0.1, 0.15) is 32.1 Å².